The van der Waals surface area contributed by atoms with E-state index in [4.69, 9.17) is 11.6 Å². The quantitative estimate of drug-likeness (QED) is 0.785. The fraction of sp³-hybridized carbons (Fsp3) is 0.364. The van der Waals surface area contributed by atoms with Gasteiger partial charge in [-0.1, -0.05) is 6.07 Å². The molecule has 0 bridgehead atoms. The van der Waals surface area contributed by atoms with E-state index in [0.29, 0.717) is 10.4 Å². The van der Waals surface area contributed by atoms with Gasteiger partial charge in [0.15, 0.2) is 0 Å². The van der Waals surface area contributed by atoms with Crippen molar-refractivity contribution >= 4 is 33.4 Å². The lowest BCUT2D eigenvalue weighted by molar-refractivity contribution is 0.0751. The first kappa shape index (κ1) is 13.5. The molecular formula is C11H12BrClFNO. The standard InChI is InChI=1S/C11H12BrClFNO/c1-7(6-13)15(2)11(16)10-8(12)4-3-5-9(10)14/h3-5,7H,6H2,1-2H3. The van der Waals surface area contributed by atoms with Gasteiger partial charge in [-0.3, -0.25) is 4.79 Å². The second-order valence-electron chi connectivity index (χ2n) is 3.52. The second kappa shape index (κ2) is 5.64. The lowest BCUT2D eigenvalue weighted by atomic mass is 10.1. The highest BCUT2D eigenvalue weighted by atomic mass is 79.9. The van der Waals surface area contributed by atoms with E-state index in [9.17, 15) is 9.18 Å². The van der Waals surface area contributed by atoms with Gasteiger partial charge in [-0.05, 0) is 35.0 Å². The first-order valence-corrected chi connectivity index (χ1v) is 6.09. The Morgan fingerprint density at radius 3 is 2.75 bits per heavy atom. The van der Waals surface area contributed by atoms with Crippen molar-refractivity contribution in [3.8, 4) is 0 Å². The number of hydrogen-bond donors (Lipinski definition) is 0. The first-order valence-electron chi connectivity index (χ1n) is 4.76. The fourth-order valence-corrected chi connectivity index (χ4v) is 1.90. The van der Waals surface area contributed by atoms with E-state index in [1.165, 1.54) is 11.0 Å². The molecule has 0 N–H and O–H groups in total. The van der Waals surface area contributed by atoms with E-state index in [1.807, 2.05) is 0 Å². The van der Waals surface area contributed by atoms with Crippen molar-refractivity contribution in [2.75, 3.05) is 12.9 Å². The molecule has 88 valence electrons. The Balaban J connectivity index is 3.05. The predicted molar refractivity (Wildman–Crippen MR) is 66.4 cm³/mol. The van der Waals surface area contributed by atoms with E-state index in [0.717, 1.165) is 0 Å². The minimum Gasteiger partial charge on any atom is -0.338 e. The predicted octanol–water partition coefficient (Wildman–Crippen LogP) is 3.29. The van der Waals surface area contributed by atoms with Gasteiger partial charge >= 0.3 is 0 Å². The van der Waals surface area contributed by atoms with Crippen LogP contribution in [0.5, 0.6) is 0 Å². The van der Waals surface area contributed by atoms with E-state index < -0.39 is 5.82 Å². The molecule has 0 fully saturated rings. The van der Waals surface area contributed by atoms with E-state index in [1.54, 1.807) is 26.1 Å². The summed E-state index contributed by atoms with van der Waals surface area (Å²) in [6, 6.07) is 4.30. The van der Waals surface area contributed by atoms with Crippen LogP contribution in [0.15, 0.2) is 22.7 Å². The molecule has 2 nitrogen and oxygen atoms in total. The van der Waals surface area contributed by atoms with Crippen LogP contribution in [-0.2, 0) is 0 Å². The zero-order valence-electron chi connectivity index (χ0n) is 9.01. The van der Waals surface area contributed by atoms with Gasteiger partial charge in [-0.2, -0.15) is 0 Å². The largest absolute Gasteiger partial charge is 0.338 e. The van der Waals surface area contributed by atoms with Gasteiger partial charge < -0.3 is 4.90 Å². The molecule has 0 aliphatic carbocycles. The average molecular weight is 309 g/mol. The minimum absolute atomic E-state index is 0.0435. The van der Waals surface area contributed by atoms with Gasteiger partial charge in [0.05, 0.1) is 5.56 Å². The molecule has 1 aromatic rings. The SMILES string of the molecule is CC(CCl)N(C)C(=O)c1c(F)cccc1Br. The summed E-state index contributed by atoms with van der Waals surface area (Å²) in [5, 5.41) is 0. The monoisotopic (exact) mass is 307 g/mol. The Kier molecular flexibility index (Phi) is 4.74. The molecule has 0 aliphatic rings. The molecule has 0 saturated heterocycles. The Hall–Kier alpha value is -0.610. The van der Waals surface area contributed by atoms with Crippen molar-refractivity contribution in [1.29, 1.82) is 0 Å². The summed E-state index contributed by atoms with van der Waals surface area (Å²) in [4.78, 5) is 13.4. The maximum Gasteiger partial charge on any atom is 0.258 e. The van der Waals surface area contributed by atoms with Crippen LogP contribution in [0, 0.1) is 5.82 Å². The third-order valence-corrected chi connectivity index (χ3v) is 3.49. The molecule has 0 spiro atoms. The number of alkyl halides is 1. The summed E-state index contributed by atoms with van der Waals surface area (Å²) in [5.74, 6) is -0.597. The lowest BCUT2D eigenvalue weighted by Gasteiger charge is -2.23. The summed E-state index contributed by atoms with van der Waals surface area (Å²) in [6.07, 6.45) is 0. The summed E-state index contributed by atoms with van der Waals surface area (Å²) in [5.41, 5.74) is 0.0435. The summed E-state index contributed by atoms with van der Waals surface area (Å²) >= 11 is 8.83. The molecule has 1 rings (SSSR count). The van der Waals surface area contributed by atoms with Crippen LogP contribution in [0.25, 0.3) is 0 Å². The van der Waals surface area contributed by atoms with Crippen molar-refractivity contribution in [2.24, 2.45) is 0 Å². The molecule has 16 heavy (non-hydrogen) atoms. The smallest absolute Gasteiger partial charge is 0.258 e. The normalized spacial score (nSPS) is 12.3. The molecule has 0 heterocycles. The van der Waals surface area contributed by atoms with Gasteiger partial charge in [-0.15, -0.1) is 11.6 Å². The zero-order chi connectivity index (χ0) is 12.3. The second-order valence-corrected chi connectivity index (χ2v) is 4.68. The van der Waals surface area contributed by atoms with Gasteiger partial charge in [0.2, 0.25) is 0 Å². The molecule has 1 aromatic carbocycles. The highest BCUT2D eigenvalue weighted by molar-refractivity contribution is 9.10. The van der Waals surface area contributed by atoms with Crippen molar-refractivity contribution in [3.63, 3.8) is 0 Å². The molecule has 5 heteroatoms. The van der Waals surface area contributed by atoms with Crippen LogP contribution in [-0.4, -0.2) is 29.8 Å². The molecule has 1 unspecified atom stereocenters. The fourth-order valence-electron chi connectivity index (χ4n) is 1.18. The number of nitrogens with zero attached hydrogens (tertiary/aromatic N) is 1. The Morgan fingerprint density at radius 1 is 1.62 bits per heavy atom. The van der Waals surface area contributed by atoms with E-state index >= 15 is 0 Å². The van der Waals surface area contributed by atoms with Gasteiger partial charge in [0, 0.05) is 23.4 Å². The van der Waals surface area contributed by atoms with Gasteiger partial charge in [0.25, 0.3) is 5.91 Å². The third-order valence-electron chi connectivity index (χ3n) is 2.38. The van der Waals surface area contributed by atoms with Crippen LogP contribution in [0.1, 0.15) is 17.3 Å². The first-order chi connectivity index (χ1) is 7.49. The maximum absolute atomic E-state index is 13.5. The molecule has 0 aromatic heterocycles. The molecule has 1 amide bonds. The zero-order valence-corrected chi connectivity index (χ0v) is 11.3. The number of carbonyl (C=O) groups is 1. The van der Waals surface area contributed by atoms with Crippen molar-refractivity contribution in [2.45, 2.75) is 13.0 Å². The number of benzene rings is 1. The average Bonchev–Trinajstić information content (AvgIpc) is 2.26. The van der Waals surface area contributed by atoms with Crippen molar-refractivity contribution in [1.82, 2.24) is 4.90 Å². The molecular weight excluding hydrogens is 296 g/mol. The number of halogens is 3. The Bertz CT molecular complexity index is 379. The molecule has 0 saturated carbocycles. The minimum atomic E-state index is -0.534. The molecule has 0 radical (unpaired) electrons. The molecule has 0 aliphatic heterocycles. The highest BCUT2D eigenvalue weighted by Crippen LogP contribution is 2.21. The lowest BCUT2D eigenvalue weighted by Crippen LogP contribution is -2.36. The highest BCUT2D eigenvalue weighted by Gasteiger charge is 2.22. The van der Waals surface area contributed by atoms with Crippen molar-refractivity contribution in [3.05, 3.63) is 34.1 Å². The topological polar surface area (TPSA) is 20.3 Å². The van der Waals surface area contributed by atoms with Crippen LogP contribution in [0.2, 0.25) is 0 Å². The van der Waals surface area contributed by atoms with Crippen LogP contribution in [0.3, 0.4) is 0 Å². The number of carbonyl (C=O) groups excluding carboxylic acids is 1. The number of rotatable bonds is 3. The van der Waals surface area contributed by atoms with Crippen molar-refractivity contribution < 1.29 is 9.18 Å². The summed E-state index contributed by atoms with van der Waals surface area (Å²) in [6.45, 7) is 1.81. The third kappa shape index (κ3) is 2.74. The summed E-state index contributed by atoms with van der Waals surface area (Å²) in [7, 11) is 1.61. The number of hydrogen-bond acceptors (Lipinski definition) is 1. The van der Waals surface area contributed by atoms with E-state index in [-0.39, 0.29) is 17.5 Å². The van der Waals surface area contributed by atoms with Gasteiger partial charge in [-0.25, -0.2) is 4.39 Å². The summed E-state index contributed by atoms with van der Waals surface area (Å²) < 4.78 is 14.0. The number of amides is 1. The maximum atomic E-state index is 13.5. The van der Waals surface area contributed by atoms with Crippen LogP contribution < -0.4 is 0 Å². The Morgan fingerprint density at radius 2 is 2.25 bits per heavy atom. The van der Waals surface area contributed by atoms with Crippen LogP contribution in [0.4, 0.5) is 4.39 Å². The van der Waals surface area contributed by atoms with Gasteiger partial charge in [0.1, 0.15) is 5.82 Å². The van der Waals surface area contributed by atoms with E-state index in [2.05, 4.69) is 15.9 Å². The Labute approximate surface area is 108 Å². The van der Waals surface area contributed by atoms with Crippen LogP contribution >= 0.6 is 27.5 Å². The molecule has 1 atom stereocenters.